The number of hydrogen-bond donors (Lipinski definition) is 0. The predicted octanol–water partition coefficient (Wildman–Crippen LogP) is 0.771. The number of carbonyl (C=O) groups excluding carboxylic acids is 1. The number of nitrogens with zero attached hydrogens (tertiary/aromatic N) is 1. The fourth-order valence-corrected chi connectivity index (χ4v) is 0.728. The van der Waals surface area contributed by atoms with Crippen molar-refractivity contribution < 1.29 is 13.6 Å². The Hall–Kier alpha value is -0.760. The molecule has 1 aliphatic rings. The molecule has 0 aromatic rings. The second kappa shape index (κ2) is 2.23. The van der Waals surface area contributed by atoms with Gasteiger partial charge in [0.25, 0.3) is 0 Å². The van der Waals surface area contributed by atoms with Crippen LogP contribution < -0.4 is 0 Å². The fourth-order valence-electron chi connectivity index (χ4n) is 0.728. The van der Waals surface area contributed by atoms with Crippen molar-refractivity contribution in [2.45, 2.75) is 24.8 Å². The third kappa shape index (κ3) is 0.980. The molecule has 3 atom stereocenters. The van der Waals surface area contributed by atoms with Crippen LogP contribution in [-0.4, -0.2) is 24.5 Å². The molecule has 2 nitrogen and oxygen atoms in total. The van der Waals surface area contributed by atoms with Crippen LogP contribution in [0.2, 0.25) is 0 Å². The van der Waals surface area contributed by atoms with Gasteiger partial charge in [-0.25, -0.2) is 13.6 Å². The van der Waals surface area contributed by atoms with Gasteiger partial charge in [0.1, 0.15) is 6.17 Å². The summed E-state index contributed by atoms with van der Waals surface area (Å²) in [6.07, 6.45) is -1.79. The summed E-state index contributed by atoms with van der Waals surface area (Å²) in [4.78, 5) is 12.5. The number of rotatable bonds is 1. The Morgan fingerprint density at radius 1 is 1.56 bits per heavy atom. The van der Waals surface area contributed by atoms with Gasteiger partial charge in [0.05, 0.1) is 6.04 Å². The Balaban J connectivity index is 2.42. The van der Waals surface area contributed by atoms with Gasteiger partial charge in [-0.2, -0.15) is 4.99 Å². The van der Waals surface area contributed by atoms with Crippen molar-refractivity contribution in [2.75, 3.05) is 0 Å². The Morgan fingerprint density at radius 3 is 2.56 bits per heavy atom. The van der Waals surface area contributed by atoms with E-state index >= 15 is 0 Å². The Kier molecular flexibility index (Phi) is 1.58. The lowest BCUT2D eigenvalue weighted by molar-refractivity contribution is 0.0473. The topological polar surface area (TPSA) is 29.4 Å². The largest absolute Gasteiger partial charge is 0.244 e. The van der Waals surface area contributed by atoms with Crippen LogP contribution in [0.25, 0.3) is 0 Å². The summed E-state index contributed by atoms with van der Waals surface area (Å²) < 4.78 is 24.0. The lowest BCUT2D eigenvalue weighted by atomic mass is 9.89. The van der Waals surface area contributed by atoms with Crippen LogP contribution in [0.1, 0.15) is 6.42 Å². The summed E-state index contributed by atoms with van der Waals surface area (Å²) >= 11 is 0. The molecule has 0 aliphatic heterocycles. The predicted molar refractivity (Wildman–Crippen MR) is 26.3 cm³/mol. The van der Waals surface area contributed by atoms with E-state index < -0.39 is 18.4 Å². The van der Waals surface area contributed by atoms with Crippen molar-refractivity contribution in [1.29, 1.82) is 0 Å². The van der Waals surface area contributed by atoms with Crippen LogP contribution in [0.5, 0.6) is 0 Å². The molecule has 1 saturated carbocycles. The molecule has 0 N–H and O–H groups in total. The maximum Gasteiger partial charge on any atom is 0.235 e. The molecule has 9 heavy (non-hydrogen) atoms. The summed E-state index contributed by atoms with van der Waals surface area (Å²) in [6.45, 7) is 0. The standard InChI is InChI=1S/C5H5F2NO/c6-3-1-4(5(3)7)8-2-9/h3-5H,1H2. The molecular formula is C5H5F2NO. The van der Waals surface area contributed by atoms with Crippen molar-refractivity contribution in [3.8, 4) is 0 Å². The van der Waals surface area contributed by atoms with E-state index in [4.69, 9.17) is 0 Å². The first kappa shape index (κ1) is 6.36. The first-order chi connectivity index (χ1) is 4.25. The maximum absolute atomic E-state index is 12.1. The van der Waals surface area contributed by atoms with Crippen molar-refractivity contribution in [1.82, 2.24) is 0 Å². The van der Waals surface area contributed by atoms with E-state index in [2.05, 4.69) is 4.99 Å². The molecule has 0 bridgehead atoms. The zero-order valence-electron chi connectivity index (χ0n) is 4.55. The zero-order valence-corrected chi connectivity index (χ0v) is 4.55. The molecule has 0 saturated heterocycles. The maximum atomic E-state index is 12.1. The fraction of sp³-hybridized carbons (Fsp3) is 0.800. The highest BCUT2D eigenvalue weighted by molar-refractivity contribution is 5.34. The summed E-state index contributed by atoms with van der Waals surface area (Å²) in [7, 11) is 0. The van der Waals surface area contributed by atoms with Gasteiger partial charge in [-0.3, -0.25) is 0 Å². The quantitative estimate of drug-likeness (QED) is 0.383. The van der Waals surface area contributed by atoms with Gasteiger partial charge in [-0.1, -0.05) is 0 Å². The van der Waals surface area contributed by atoms with Crippen molar-refractivity contribution in [2.24, 2.45) is 4.99 Å². The molecule has 0 spiro atoms. The van der Waals surface area contributed by atoms with Crippen molar-refractivity contribution in [3.63, 3.8) is 0 Å². The van der Waals surface area contributed by atoms with Crippen molar-refractivity contribution >= 4 is 6.08 Å². The molecule has 1 rings (SSSR count). The van der Waals surface area contributed by atoms with Crippen LogP contribution in [0.15, 0.2) is 4.99 Å². The number of alkyl halides is 2. The van der Waals surface area contributed by atoms with Crippen LogP contribution in [0, 0.1) is 0 Å². The summed E-state index contributed by atoms with van der Waals surface area (Å²) in [5.74, 6) is 0. The van der Waals surface area contributed by atoms with Gasteiger partial charge in [-0.05, 0) is 0 Å². The van der Waals surface area contributed by atoms with E-state index in [1.54, 1.807) is 0 Å². The molecule has 0 radical (unpaired) electrons. The Bertz CT molecular complexity index is 155. The van der Waals surface area contributed by atoms with E-state index in [1.807, 2.05) is 0 Å². The molecule has 4 heteroatoms. The first-order valence-corrected chi connectivity index (χ1v) is 2.61. The Morgan fingerprint density at radius 2 is 2.22 bits per heavy atom. The van der Waals surface area contributed by atoms with E-state index in [9.17, 15) is 13.6 Å². The zero-order chi connectivity index (χ0) is 6.85. The van der Waals surface area contributed by atoms with Gasteiger partial charge in [0.2, 0.25) is 6.08 Å². The highest BCUT2D eigenvalue weighted by Gasteiger charge is 2.42. The molecule has 1 aliphatic carbocycles. The minimum absolute atomic E-state index is 0.0242. The average Bonchev–Trinajstić information content (AvgIpc) is 1.88. The molecule has 0 aromatic carbocycles. The van der Waals surface area contributed by atoms with Crippen LogP contribution >= 0.6 is 0 Å². The normalized spacial score (nSPS) is 40.9. The van der Waals surface area contributed by atoms with Gasteiger partial charge < -0.3 is 0 Å². The van der Waals surface area contributed by atoms with Gasteiger partial charge in [-0.15, -0.1) is 0 Å². The number of halogens is 2. The van der Waals surface area contributed by atoms with Gasteiger partial charge in [0, 0.05) is 6.42 Å². The van der Waals surface area contributed by atoms with E-state index in [1.165, 1.54) is 6.08 Å². The summed E-state index contributed by atoms with van der Waals surface area (Å²) in [5, 5.41) is 0. The van der Waals surface area contributed by atoms with E-state index in [-0.39, 0.29) is 6.42 Å². The number of hydrogen-bond acceptors (Lipinski definition) is 2. The number of isocyanates is 1. The molecular weight excluding hydrogens is 128 g/mol. The van der Waals surface area contributed by atoms with Crippen LogP contribution in [-0.2, 0) is 4.79 Å². The van der Waals surface area contributed by atoms with Crippen LogP contribution in [0.3, 0.4) is 0 Å². The lowest BCUT2D eigenvalue weighted by Gasteiger charge is -2.29. The minimum Gasteiger partial charge on any atom is -0.244 e. The number of aliphatic imine (C=N–C) groups is 1. The summed E-state index contributed by atoms with van der Waals surface area (Å²) in [6, 6.07) is -0.766. The third-order valence-corrected chi connectivity index (χ3v) is 1.40. The minimum atomic E-state index is -1.58. The van der Waals surface area contributed by atoms with Crippen molar-refractivity contribution in [3.05, 3.63) is 0 Å². The highest BCUT2D eigenvalue weighted by atomic mass is 19.2. The molecule has 1 fully saturated rings. The molecule has 0 aromatic heterocycles. The van der Waals surface area contributed by atoms with E-state index in [0.29, 0.717) is 0 Å². The average molecular weight is 133 g/mol. The second-order valence-corrected chi connectivity index (χ2v) is 1.98. The van der Waals surface area contributed by atoms with Gasteiger partial charge >= 0.3 is 0 Å². The second-order valence-electron chi connectivity index (χ2n) is 1.98. The molecule has 3 unspecified atom stereocenters. The van der Waals surface area contributed by atoms with E-state index in [0.717, 1.165) is 0 Å². The van der Waals surface area contributed by atoms with Gasteiger partial charge in [0.15, 0.2) is 6.17 Å². The van der Waals surface area contributed by atoms with Crippen LogP contribution in [0.4, 0.5) is 8.78 Å². The SMILES string of the molecule is O=C=NC1CC(F)C1F. The first-order valence-electron chi connectivity index (χ1n) is 2.61. The highest BCUT2D eigenvalue weighted by Crippen LogP contribution is 2.29. The summed E-state index contributed by atoms with van der Waals surface area (Å²) in [5.41, 5.74) is 0. The molecule has 0 heterocycles. The monoisotopic (exact) mass is 133 g/mol. The third-order valence-electron chi connectivity index (χ3n) is 1.40. The molecule has 50 valence electrons. The lowest BCUT2D eigenvalue weighted by Crippen LogP contribution is -2.43. The smallest absolute Gasteiger partial charge is 0.235 e. The molecule has 0 amide bonds. The Labute approximate surface area is 50.6 Å².